The van der Waals surface area contributed by atoms with E-state index in [1.807, 2.05) is 37.3 Å². The molecule has 0 saturated heterocycles. The molecule has 0 fully saturated rings. The minimum Gasteiger partial charge on any atom is -0.406 e. The third kappa shape index (κ3) is 4.08. The van der Waals surface area contributed by atoms with Gasteiger partial charge >= 0.3 is 6.36 Å². The molecular weight excluding hydrogens is 383 g/mol. The van der Waals surface area contributed by atoms with Crippen molar-refractivity contribution in [3.63, 3.8) is 0 Å². The van der Waals surface area contributed by atoms with Gasteiger partial charge in [-0.3, -0.25) is 4.98 Å². The third-order valence-corrected chi connectivity index (χ3v) is 4.12. The summed E-state index contributed by atoms with van der Waals surface area (Å²) in [5.41, 5.74) is 3.51. The maximum absolute atomic E-state index is 12.3. The third-order valence-electron chi connectivity index (χ3n) is 4.12. The van der Waals surface area contributed by atoms with Crippen molar-refractivity contribution in [3.8, 4) is 34.1 Å². The van der Waals surface area contributed by atoms with E-state index >= 15 is 0 Å². The first-order valence-electron chi connectivity index (χ1n) is 8.57. The van der Waals surface area contributed by atoms with Crippen molar-refractivity contribution in [3.05, 3.63) is 72.7 Å². The van der Waals surface area contributed by atoms with Gasteiger partial charge in [-0.1, -0.05) is 11.3 Å². The standard InChI is InChI=1S/C20H14F3N5O/c1-13-19(28(27-26-13)18-4-2-3-10-25-18)15-9-11-24-17(12-15)14-5-7-16(8-6-14)29-20(21,22)23/h2-12H,1H3. The molecule has 146 valence electrons. The van der Waals surface area contributed by atoms with Crippen molar-refractivity contribution in [2.24, 2.45) is 0 Å². The fourth-order valence-corrected chi connectivity index (χ4v) is 2.89. The number of benzene rings is 1. The minimum absolute atomic E-state index is 0.286. The fourth-order valence-electron chi connectivity index (χ4n) is 2.89. The highest BCUT2D eigenvalue weighted by Gasteiger charge is 2.31. The summed E-state index contributed by atoms with van der Waals surface area (Å²) >= 11 is 0. The van der Waals surface area contributed by atoms with Gasteiger partial charge in [0.25, 0.3) is 0 Å². The Morgan fingerprint density at radius 2 is 1.69 bits per heavy atom. The van der Waals surface area contributed by atoms with Crippen molar-refractivity contribution in [2.45, 2.75) is 13.3 Å². The maximum atomic E-state index is 12.3. The van der Waals surface area contributed by atoms with Crippen LogP contribution in [0.2, 0.25) is 0 Å². The lowest BCUT2D eigenvalue weighted by Crippen LogP contribution is -2.16. The first kappa shape index (κ1) is 18.6. The summed E-state index contributed by atoms with van der Waals surface area (Å²) in [6.45, 7) is 1.84. The number of hydrogen-bond donors (Lipinski definition) is 0. The second-order valence-corrected chi connectivity index (χ2v) is 6.13. The number of pyridine rings is 2. The number of aryl methyl sites for hydroxylation is 1. The highest BCUT2D eigenvalue weighted by atomic mass is 19.4. The average molecular weight is 397 g/mol. The topological polar surface area (TPSA) is 65.7 Å². The lowest BCUT2D eigenvalue weighted by molar-refractivity contribution is -0.274. The molecule has 0 saturated carbocycles. The Balaban J connectivity index is 1.70. The average Bonchev–Trinajstić information content (AvgIpc) is 3.10. The molecule has 3 aromatic heterocycles. The zero-order valence-electron chi connectivity index (χ0n) is 15.1. The van der Waals surface area contributed by atoms with Crippen LogP contribution in [0.4, 0.5) is 13.2 Å². The predicted octanol–water partition coefficient (Wildman–Crippen LogP) is 4.60. The van der Waals surface area contributed by atoms with Crippen LogP contribution in [-0.4, -0.2) is 31.3 Å². The van der Waals surface area contributed by atoms with Gasteiger partial charge in [0.2, 0.25) is 0 Å². The van der Waals surface area contributed by atoms with E-state index in [1.165, 1.54) is 24.3 Å². The quantitative estimate of drug-likeness (QED) is 0.504. The first-order chi connectivity index (χ1) is 13.9. The number of halogens is 3. The second kappa shape index (κ2) is 7.34. The summed E-state index contributed by atoms with van der Waals surface area (Å²) in [5, 5.41) is 8.32. The van der Waals surface area contributed by atoms with E-state index in [0.29, 0.717) is 22.8 Å². The SMILES string of the molecule is Cc1nnn(-c2ccccn2)c1-c1ccnc(-c2ccc(OC(F)(F)F)cc2)c1. The Hall–Kier alpha value is -3.75. The van der Waals surface area contributed by atoms with Crippen LogP contribution < -0.4 is 4.74 Å². The molecule has 0 aliphatic rings. The second-order valence-electron chi connectivity index (χ2n) is 6.13. The molecule has 0 unspecified atom stereocenters. The molecule has 6 nitrogen and oxygen atoms in total. The molecule has 0 aliphatic heterocycles. The van der Waals surface area contributed by atoms with Crippen molar-refractivity contribution in [1.82, 2.24) is 25.0 Å². The molecule has 0 N–H and O–H groups in total. The lowest BCUT2D eigenvalue weighted by atomic mass is 10.1. The summed E-state index contributed by atoms with van der Waals surface area (Å²) < 4.78 is 42.6. The largest absolute Gasteiger partial charge is 0.573 e. The molecule has 29 heavy (non-hydrogen) atoms. The summed E-state index contributed by atoms with van der Waals surface area (Å²) in [6.07, 6.45) is -1.44. The molecule has 0 spiro atoms. The van der Waals surface area contributed by atoms with Crippen molar-refractivity contribution in [2.75, 3.05) is 0 Å². The number of hydrogen-bond acceptors (Lipinski definition) is 5. The monoisotopic (exact) mass is 397 g/mol. The van der Waals surface area contributed by atoms with E-state index in [4.69, 9.17) is 0 Å². The number of aromatic nitrogens is 5. The van der Waals surface area contributed by atoms with Crippen LogP contribution in [0.15, 0.2) is 67.0 Å². The molecule has 4 aromatic rings. The molecule has 0 atom stereocenters. The van der Waals surface area contributed by atoms with Crippen LogP contribution in [-0.2, 0) is 0 Å². The maximum Gasteiger partial charge on any atom is 0.573 e. The Morgan fingerprint density at radius 3 is 2.38 bits per heavy atom. The van der Waals surface area contributed by atoms with Gasteiger partial charge in [-0.05, 0) is 55.5 Å². The number of alkyl halides is 3. The van der Waals surface area contributed by atoms with Gasteiger partial charge in [0, 0.05) is 23.5 Å². The fraction of sp³-hybridized carbons (Fsp3) is 0.100. The number of nitrogens with zero attached hydrogens (tertiary/aromatic N) is 5. The molecule has 1 aromatic carbocycles. The van der Waals surface area contributed by atoms with Crippen LogP contribution in [0.3, 0.4) is 0 Å². The number of ether oxygens (including phenoxy) is 1. The Labute approximate surface area is 163 Å². The number of rotatable bonds is 4. The van der Waals surface area contributed by atoms with Crippen LogP contribution in [0.5, 0.6) is 5.75 Å². The molecule has 3 heterocycles. The Kier molecular flexibility index (Phi) is 4.71. The Morgan fingerprint density at radius 1 is 0.897 bits per heavy atom. The van der Waals surface area contributed by atoms with Gasteiger partial charge in [-0.15, -0.1) is 18.3 Å². The molecule has 4 rings (SSSR count). The van der Waals surface area contributed by atoms with Gasteiger partial charge in [0.15, 0.2) is 5.82 Å². The molecule has 0 aliphatic carbocycles. The smallest absolute Gasteiger partial charge is 0.406 e. The molecule has 9 heteroatoms. The summed E-state index contributed by atoms with van der Waals surface area (Å²) in [5.74, 6) is 0.334. The van der Waals surface area contributed by atoms with Gasteiger partial charge in [-0.25, -0.2) is 4.98 Å². The minimum atomic E-state index is -4.73. The van der Waals surface area contributed by atoms with Gasteiger partial charge < -0.3 is 4.74 Å². The van der Waals surface area contributed by atoms with Gasteiger partial charge in [-0.2, -0.15) is 4.68 Å². The van der Waals surface area contributed by atoms with Gasteiger partial charge in [0.1, 0.15) is 5.75 Å². The molecular formula is C20H14F3N5O. The normalized spacial score (nSPS) is 11.4. The zero-order valence-corrected chi connectivity index (χ0v) is 15.1. The van der Waals surface area contributed by atoms with Crippen molar-refractivity contribution >= 4 is 0 Å². The zero-order chi connectivity index (χ0) is 20.4. The van der Waals surface area contributed by atoms with Gasteiger partial charge in [0.05, 0.1) is 17.1 Å². The summed E-state index contributed by atoms with van der Waals surface area (Å²) in [4.78, 5) is 8.63. The van der Waals surface area contributed by atoms with E-state index in [1.54, 1.807) is 17.1 Å². The predicted molar refractivity (Wildman–Crippen MR) is 99.2 cm³/mol. The van der Waals surface area contributed by atoms with Crippen molar-refractivity contribution in [1.29, 1.82) is 0 Å². The first-order valence-corrected chi connectivity index (χ1v) is 8.57. The highest BCUT2D eigenvalue weighted by Crippen LogP contribution is 2.29. The van der Waals surface area contributed by atoms with Crippen molar-refractivity contribution < 1.29 is 17.9 Å². The van der Waals surface area contributed by atoms with E-state index in [2.05, 4.69) is 25.0 Å². The van der Waals surface area contributed by atoms with Crippen LogP contribution in [0, 0.1) is 6.92 Å². The van der Waals surface area contributed by atoms with Crippen LogP contribution in [0.25, 0.3) is 28.3 Å². The molecule has 0 bridgehead atoms. The van der Waals surface area contributed by atoms with E-state index in [9.17, 15) is 13.2 Å². The summed E-state index contributed by atoms with van der Waals surface area (Å²) in [7, 11) is 0. The van der Waals surface area contributed by atoms with Crippen LogP contribution >= 0.6 is 0 Å². The van der Waals surface area contributed by atoms with Crippen LogP contribution in [0.1, 0.15) is 5.69 Å². The lowest BCUT2D eigenvalue weighted by Gasteiger charge is -2.10. The summed E-state index contributed by atoms with van der Waals surface area (Å²) in [6, 6.07) is 14.7. The van der Waals surface area contributed by atoms with E-state index < -0.39 is 6.36 Å². The Bertz CT molecular complexity index is 1130. The molecule has 0 radical (unpaired) electrons. The van der Waals surface area contributed by atoms with E-state index in [-0.39, 0.29) is 5.75 Å². The molecule has 0 amide bonds. The van der Waals surface area contributed by atoms with E-state index in [0.717, 1.165) is 11.3 Å². The highest BCUT2D eigenvalue weighted by molar-refractivity contribution is 5.70.